The van der Waals surface area contributed by atoms with Gasteiger partial charge in [0, 0.05) is 39.3 Å². The lowest BCUT2D eigenvalue weighted by Gasteiger charge is -2.34. The van der Waals surface area contributed by atoms with Gasteiger partial charge in [0.05, 0.1) is 5.69 Å². The molecule has 0 spiro atoms. The van der Waals surface area contributed by atoms with E-state index < -0.39 is 5.82 Å². The van der Waals surface area contributed by atoms with Crippen molar-refractivity contribution in [1.29, 1.82) is 5.26 Å². The number of nitrogens with one attached hydrogen (secondary N) is 1. The molecule has 1 N–H and O–H groups in total. The van der Waals surface area contributed by atoms with Crippen LogP contribution in [0, 0.1) is 17.1 Å². The molecule has 0 bridgehead atoms. The third-order valence-corrected chi connectivity index (χ3v) is 5.02. The van der Waals surface area contributed by atoms with E-state index in [-0.39, 0.29) is 5.56 Å². The minimum absolute atomic E-state index is 0.0701. The topological polar surface area (TPSA) is 42.3 Å². The predicted molar refractivity (Wildman–Crippen MR) is 102 cm³/mol. The van der Waals surface area contributed by atoms with Crippen molar-refractivity contribution in [2.75, 3.05) is 38.0 Å². The summed E-state index contributed by atoms with van der Waals surface area (Å²) < 4.78 is 13.8. The fourth-order valence-corrected chi connectivity index (χ4v) is 3.36. The van der Waals surface area contributed by atoms with Crippen molar-refractivity contribution in [3.63, 3.8) is 0 Å². The van der Waals surface area contributed by atoms with Crippen LogP contribution in [0.2, 0.25) is 0 Å². The Bertz CT molecular complexity index is 776. The molecule has 2 aromatic carbocycles. The van der Waals surface area contributed by atoms with Crippen LogP contribution in [0.5, 0.6) is 0 Å². The highest BCUT2D eigenvalue weighted by molar-refractivity contribution is 5.58. The first kappa shape index (κ1) is 18.4. The number of likely N-dealkylation sites (N-methyl/N-ethyl adjacent to an activating group) is 1. The Morgan fingerprint density at radius 3 is 2.38 bits per heavy atom. The number of nitriles is 1. The second kappa shape index (κ2) is 8.79. The van der Waals surface area contributed by atoms with E-state index in [4.69, 9.17) is 5.26 Å². The third-order valence-electron chi connectivity index (χ3n) is 5.02. The average Bonchev–Trinajstić information content (AvgIpc) is 2.68. The zero-order valence-electron chi connectivity index (χ0n) is 15.2. The Morgan fingerprint density at radius 1 is 1.00 bits per heavy atom. The second-order valence-electron chi connectivity index (χ2n) is 6.61. The molecule has 2 aromatic rings. The van der Waals surface area contributed by atoms with Gasteiger partial charge in [-0.1, -0.05) is 37.3 Å². The van der Waals surface area contributed by atoms with E-state index in [9.17, 15) is 4.39 Å². The second-order valence-corrected chi connectivity index (χ2v) is 6.61. The van der Waals surface area contributed by atoms with Crippen molar-refractivity contribution in [2.24, 2.45) is 0 Å². The summed E-state index contributed by atoms with van der Waals surface area (Å²) in [5.41, 5.74) is 3.07. The van der Waals surface area contributed by atoms with Crippen LogP contribution in [0.3, 0.4) is 0 Å². The summed E-state index contributed by atoms with van der Waals surface area (Å²) in [5.74, 6) is -0.486. The summed E-state index contributed by atoms with van der Waals surface area (Å²) in [6.45, 7) is 9.21. The maximum Gasteiger partial charge on any atom is 0.143 e. The molecular weight excluding hydrogens is 327 g/mol. The molecule has 1 aliphatic heterocycles. The smallest absolute Gasteiger partial charge is 0.143 e. The van der Waals surface area contributed by atoms with Crippen molar-refractivity contribution in [3.8, 4) is 6.07 Å². The lowest BCUT2D eigenvalue weighted by Crippen LogP contribution is -2.45. The molecule has 1 fully saturated rings. The van der Waals surface area contributed by atoms with Crippen LogP contribution in [0.15, 0.2) is 42.5 Å². The minimum atomic E-state index is -0.486. The van der Waals surface area contributed by atoms with Crippen LogP contribution in [0.1, 0.15) is 23.6 Å². The van der Waals surface area contributed by atoms with E-state index in [1.165, 1.54) is 17.2 Å². The van der Waals surface area contributed by atoms with Crippen molar-refractivity contribution >= 4 is 5.69 Å². The van der Waals surface area contributed by atoms with Gasteiger partial charge in [-0.3, -0.25) is 4.90 Å². The fourth-order valence-electron chi connectivity index (χ4n) is 3.36. The average molecular weight is 352 g/mol. The van der Waals surface area contributed by atoms with Gasteiger partial charge in [0.15, 0.2) is 0 Å². The quantitative estimate of drug-likeness (QED) is 0.865. The summed E-state index contributed by atoms with van der Waals surface area (Å²) in [7, 11) is 0. The first-order valence-corrected chi connectivity index (χ1v) is 9.15. The lowest BCUT2D eigenvalue weighted by atomic mass is 10.1. The highest BCUT2D eigenvalue weighted by Crippen LogP contribution is 2.20. The lowest BCUT2D eigenvalue weighted by molar-refractivity contribution is 0.131. The van der Waals surface area contributed by atoms with Crippen LogP contribution < -0.4 is 5.32 Å². The van der Waals surface area contributed by atoms with Crippen molar-refractivity contribution in [2.45, 2.75) is 20.0 Å². The van der Waals surface area contributed by atoms with Crippen molar-refractivity contribution < 1.29 is 4.39 Å². The molecule has 0 atom stereocenters. The first-order valence-electron chi connectivity index (χ1n) is 9.15. The van der Waals surface area contributed by atoms with Gasteiger partial charge >= 0.3 is 0 Å². The first-order chi connectivity index (χ1) is 12.7. The molecule has 1 saturated heterocycles. The molecule has 136 valence electrons. The fraction of sp³-hybridized carbons (Fsp3) is 0.381. The van der Waals surface area contributed by atoms with Gasteiger partial charge in [0.1, 0.15) is 17.4 Å². The molecule has 1 heterocycles. The molecule has 0 aliphatic carbocycles. The summed E-state index contributed by atoms with van der Waals surface area (Å²) >= 11 is 0. The normalized spacial score (nSPS) is 15.6. The van der Waals surface area contributed by atoms with Gasteiger partial charge in [-0.05, 0) is 29.8 Å². The highest BCUT2D eigenvalue weighted by atomic mass is 19.1. The van der Waals surface area contributed by atoms with E-state index >= 15 is 0 Å². The molecule has 0 amide bonds. The summed E-state index contributed by atoms with van der Waals surface area (Å²) in [5, 5.41) is 12.4. The Morgan fingerprint density at radius 2 is 1.69 bits per heavy atom. The molecule has 0 unspecified atom stereocenters. The standard InChI is InChI=1S/C21H25FN4/c1-2-25-10-12-26(13-11-25)16-18-7-4-3-6-17(18)15-24-21-9-5-8-20(22)19(21)14-23/h3-9,24H,2,10-13,15-16H2,1H3. The van der Waals surface area contributed by atoms with Crippen LogP contribution in [-0.4, -0.2) is 42.5 Å². The summed E-state index contributed by atoms with van der Waals surface area (Å²) in [6.07, 6.45) is 0. The van der Waals surface area contributed by atoms with E-state index in [0.717, 1.165) is 39.3 Å². The number of halogens is 1. The third kappa shape index (κ3) is 4.40. The minimum Gasteiger partial charge on any atom is -0.380 e. The molecular formula is C21H25FN4. The number of benzene rings is 2. The molecule has 5 heteroatoms. The molecule has 0 aromatic heterocycles. The van der Waals surface area contributed by atoms with E-state index in [1.54, 1.807) is 12.1 Å². The molecule has 4 nitrogen and oxygen atoms in total. The Kier molecular flexibility index (Phi) is 6.21. The summed E-state index contributed by atoms with van der Waals surface area (Å²) in [4.78, 5) is 4.95. The number of piperazine rings is 1. The van der Waals surface area contributed by atoms with Crippen LogP contribution >= 0.6 is 0 Å². The maximum absolute atomic E-state index is 13.8. The van der Waals surface area contributed by atoms with Crippen molar-refractivity contribution in [1.82, 2.24) is 9.80 Å². The Balaban J connectivity index is 1.67. The largest absolute Gasteiger partial charge is 0.380 e. The van der Waals surface area contributed by atoms with E-state index in [0.29, 0.717) is 12.2 Å². The Hall–Kier alpha value is -2.42. The van der Waals surface area contributed by atoms with Gasteiger partial charge in [-0.15, -0.1) is 0 Å². The molecule has 3 rings (SSSR count). The van der Waals surface area contributed by atoms with Crippen LogP contribution in [0.25, 0.3) is 0 Å². The van der Waals surface area contributed by atoms with Crippen molar-refractivity contribution in [3.05, 3.63) is 65.0 Å². The molecule has 1 aliphatic rings. The van der Waals surface area contributed by atoms with Gasteiger partial charge in [-0.2, -0.15) is 5.26 Å². The number of hydrogen-bond donors (Lipinski definition) is 1. The SMILES string of the molecule is CCN1CCN(Cc2ccccc2CNc2cccc(F)c2C#N)CC1. The number of nitrogens with zero attached hydrogens (tertiary/aromatic N) is 3. The zero-order valence-corrected chi connectivity index (χ0v) is 15.2. The summed E-state index contributed by atoms with van der Waals surface area (Å²) in [6, 6.07) is 14.9. The zero-order chi connectivity index (χ0) is 18.4. The van der Waals surface area contributed by atoms with Gasteiger partial charge in [-0.25, -0.2) is 4.39 Å². The van der Waals surface area contributed by atoms with Gasteiger partial charge in [0.25, 0.3) is 0 Å². The number of rotatable bonds is 6. The predicted octanol–water partition coefficient (Wildman–Crippen LogP) is 3.45. The van der Waals surface area contributed by atoms with E-state index in [2.05, 4.69) is 40.2 Å². The number of anilines is 1. The highest BCUT2D eigenvalue weighted by Gasteiger charge is 2.16. The van der Waals surface area contributed by atoms with E-state index in [1.807, 2.05) is 12.1 Å². The van der Waals surface area contributed by atoms with Crippen LogP contribution in [0.4, 0.5) is 10.1 Å². The Labute approximate surface area is 154 Å². The number of hydrogen-bond acceptors (Lipinski definition) is 4. The van der Waals surface area contributed by atoms with Gasteiger partial charge in [0.2, 0.25) is 0 Å². The maximum atomic E-state index is 13.8. The molecule has 26 heavy (non-hydrogen) atoms. The van der Waals surface area contributed by atoms with Gasteiger partial charge < -0.3 is 10.2 Å². The van der Waals surface area contributed by atoms with Crippen LogP contribution in [-0.2, 0) is 13.1 Å². The monoisotopic (exact) mass is 352 g/mol. The molecule has 0 radical (unpaired) electrons. The molecule has 0 saturated carbocycles.